The molecule has 0 unspecified atom stereocenters. The van der Waals surface area contributed by atoms with E-state index in [1.807, 2.05) is 6.07 Å². The fraction of sp³-hybridized carbons (Fsp3) is 0.312. The van der Waals surface area contributed by atoms with E-state index in [1.165, 1.54) is 30.9 Å². The normalized spacial score (nSPS) is 16.5. The smallest absolute Gasteiger partial charge is 0.331 e. The van der Waals surface area contributed by atoms with Gasteiger partial charge in [0.2, 0.25) is 6.10 Å². The molecule has 1 aliphatic rings. The Kier molecular flexibility index (Phi) is 3.88. The van der Waals surface area contributed by atoms with Gasteiger partial charge in [0.05, 0.1) is 11.9 Å². The van der Waals surface area contributed by atoms with Gasteiger partial charge in [-0.15, -0.1) is 0 Å². The summed E-state index contributed by atoms with van der Waals surface area (Å²) >= 11 is 0. The van der Waals surface area contributed by atoms with Crippen LogP contribution in [-0.2, 0) is 15.1 Å². The molecular formula is C16H17N3O5. The van der Waals surface area contributed by atoms with Crippen molar-refractivity contribution in [3.8, 4) is 11.5 Å². The molecule has 0 saturated heterocycles. The van der Waals surface area contributed by atoms with E-state index in [2.05, 4.69) is 10.4 Å². The Morgan fingerprint density at radius 3 is 2.75 bits per heavy atom. The van der Waals surface area contributed by atoms with E-state index < -0.39 is 23.5 Å². The second-order valence-corrected chi connectivity index (χ2v) is 5.89. The topological polar surface area (TPSA) is 103 Å². The van der Waals surface area contributed by atoms with Gasteiger partial charge in [-0.1, -0.05) is 12.1 Å². The van der Waals surface area contributed by atoms with Crippen molar-refractivity contribution in [2.45, 2.75) is 25.5 Å². The summed E-state index contributed by atoms with van der Waals surface area (Å²) < 4.78 is 12.4. The van der Waals surface area contributed by atoms with Crippen molar-refractivity contribution >= 4 is 17.6 Å². The third-order valence-corrected chi connectivity index (χ3v) is 3.75. The predicted molar refractivity (Wildman–Crippen MR) is 84.2 cm³/mol. The van der Waals surface area contributed by atoms with E-state index in [0.29, 0.717) is 17.2 Å². The van der Waals surface area contributed by atoms with Crippen LogP contribution in [0.1, 0.15) is 13.8 Å². The molecule has 1 aliphatic heterocycles. The Labute approximate surface area is 138 Å². The molecule has 0 aliphatic carbocycles. The van der Waals surface area contributed by atoms with Crippen molar-refractivity contribution in [3.63, 3.8) is 0 Å². The van der Waals surface area contributed by atoms with Gasteiger partial charge in [-0.05, 0) is 26.0 Å². The van der Waals surface area contributed by atoms with Crippen LogP contribution in [0.15, 0.2) is 36.7 Å². The second kappa shape index (κ2) is 5.88. The number of nitrogens with one attached hydrogen (secondary N) is 1. The maximum atomic E-state index is 12.3. The first-order valence-corrected chi connectivity index (χ1v) is 7.36. The minimum absolute atomic E-state index is 0.0948. The molecular weight excluding hydrogens is 314 g/mol. The van der Waals surface area contributed by atoms with Crippen molar-refractivity contribution in [2.75, 3.05) is 11.9 Å². The van der Waals surface area contributed by atoms with Gasteiger partial charge >= 0.3 is 5.97 Å². The Morgan fingerprint density at radius 1 is 1.33 bits per heavy atom. The summed E-state index contributed by atoms with van der Waals surface area (Å²) in [6.45, 7) is 3.13. The van der Waals surface area contributed by atoms with Crippen molar-refractivity contribution in [1.29, 1.82) is 0 Å². The van der Waals surface area contributed by atoms with Crippen molar-refractivity contribution in [2.24, 2.45) is 0 Å². The van der Waals surface area contributed by atoms with E-state index in [9.17, 15) is 14.7 Å². The summed E-state index contributed by atoms with van der Waals surface area (Å²) in [5.74, 6) is -0.314. The lowest BCUT2D eigenvalue weighted by Crippen LogP contribution is -2.40. The molecule has 24 heavy (non-hydrogen) atoms. The first-order valence-electron chi connectivity index (χ1n) is 7.36. The number of hydrogen-bond donors (Lipinski definition) is 2. The molecule has 2 heterocycles. The standard InChI is InChI=1S/C16H17N3O5/c1-16(2,15(21)22)19-8-10(7-17-19)18-14(20)13-9-23-11-5-3-4-6-12(11)24-13/h3-8,13H,9H2,1-2H3,(H,18,20)(H,21,22)/t13-/m1/s1. The Balaban J connectivity index is 1.68. The molecule has 0 radical (unpaired) electrons. The lowest BCUT2D eigenvalue weighted by atomic mass is 10.1. The Hall–Kier alpha value is -3.03. The number of benzene rings is 1. The zero-order valence-electron chi connectivity index (χ0n) is 13.2. The number of nitrogens with zero attached hydrogens (tertiary/aromatic N) is 2. The van der Waals surface area contributed by atoms with Gasteiger partial charge in [0.25, 0.3) is 5.91 Å². The maximum absolute atomic E-state index is 12.3. The van der Waals surface area contributed by atoms with Crippen LogP contribution in [0, 0.1) is 0 Å². The summed E-state index contributed by atoms with van der Waals surface area (Å²) in [5, 5.41) is 15.8. The maximum Gasteiger partial charge on any atom is 0.331 e. The van der Waals surface area contributed by atoms with Crippen molar-refractivity contribution < 1.29 is 24.2 Å². The highest BCUT2D eigenvalue weighted by molar-refractivity contribution is 5.94. The molecule has 3 rings (SSSR count). The van der Waals surface area contributed by atoms with Crippen LogP contribution in [0.2, 0.25) is 0 Å². The third kappa shape index (κ3) is 2.90. The SMILES string of the molecule is CC(C)(C(=O)O)n1cc(NC(=O)[C@H]2COc3ccccc3O2)cn1. The number of aromatic nitrogens is 2. The fourth-order valence-electron chi connectivity index (χ4n) is 2.16. The van der Waals surface area contributed by atoms with Crippen LogP contribution in [0.5, 0.6) is 11.5 Å². The molecule has 8 nitrogen and oxygen atoms in total. The highest BCUT2D eigenvalue weighted by Crippen LogP contribution is 2.31. The van der Waals surface area contributed by atoms with Crippen LogP contribution in [0.3, 0.4) is 0 Å². The minimum Gasteiger partial charge on any atom is -0.485 e. The Morgan fingerprint density at radius 2 is 2.04 bits per heavy atom. The molecule has 126 valence electrons. The number of ether oxygens (including phenoxy) is 2. The molecule has 2 N–H and O–H groups in total. The predicted octanol–water partition coefficient (Wildman–Crippen LogP) is 1.48. The summed E-state index contributed by atoms with van der Waals surface area (Å²) in [7, 11) is 0. The number of aliphatic carboxylic acids is 1. The first-order chi connectivity index (χ1) is 11.4. The largest absolute Gasteiger partial charge is 0.485 e. The number of para-hydroxylation sites is 2. The van der Waals surface area contributed by atoms with Crippen LogP contribution in [-0.4, -0.2) is 39.5 Å². The molecule has 0 bridgehead atoms. The number of fused-ring (bicyclic) bond motifs is 1. The molecule has 0 saturated carbocycles. The van der Waals surface area contributed by atoms with E-state index in [0.717, 1.165) is 0 Å². The number of carboxylic acids is 1. The molecule has 1 atom stereocenters. The van der Waals surface area contributed by atoms with Gasteiger partial charge in [-0.25, -0.2) is 4.79 Å². The fourth-order valence-corrected chi connectivity index (χ4v) is 2.16. The van der Waals surface area contributed by atoms with Crippen LogP contribution in [0.25, 0.3) is 0 Å². The highest BCUT2D eigenvalue weighted by atomic mass is 16.6. The summed E-state index contributed by atoms with van der Waals surface area (Å²) in [6.07, 6.45) is 2.06. The second-order valence-electron chi connectivity index (χ2n) is 5.89. The summed E-state index contributed by atoms with van der Waals surface area (Å²) in [4.78, 5) is 23.5. The summed E-state index contributed by atoms with van der Waals surface area (Å²) in [6, 6.07) is 7.10. The quantitative estimate of drug-likeness (QED) is 0.880. The zero-order valence-corrected chi connectivity index (χ0v) is 13.2. The third-order valence-electron chi connectivity index (χ3n) is 3.75. The van der Waals surface area contributed by atoms with E-state index in [-0.39, 0.29) is 6.61 Å². The highest BCUT2D eigenvalue weighted by Gasteiger charge is 2.31. The van der Waals surface area contributed by atoms with Gasteiger partial charge in [0, 0.05) is 6.20 Å². The van der Waals surface area contributed by atoms with E-state index >= 15 is 0 Å². The molecule has 8 heteroatoms. The average molecular weight is 331 g/mol. The van der Waals surface area contributed by atoms with Crippen LogP contribution >= 0.6 is 0 Å². The number of carbonyl (C=O) groups excluding carboxylic acids is 1. The van der Waals surface area contributed by atoms with Gasteiger partial charge in [-0.3, -0.25) is 9.48 Å². The number of hydrogen-bond acceptors (Lipinski definition) is 5. The molecule has 0 spiro atoms. The van der Waals surface area contributed by atoms with E-state index in [4.69, 9.17) is 9.47 Å². The minimum atomic E-state index is -1.22. The number of amides is 1. The number of carbonyl (C=O) groups is 2. The zero-order chi connectivity index (χ0) is 17.3. The molecule has 1 amide bonds. The van der Waals surface area contributed by atoms with Gasteiger partial charge < -0.3 is 19.9 Å². The molecule has 1 aromatic heterocycles. The van der Waals surface area contributed by atoms with Gasteiger partial charge in [-0.2, -0.15) is 5.10 Å². The number of anilines is 1. The van der Waals surface area contributed by atoms with Crippen LogP contribution in [0.4, 0.5) is 5.69 Å². The van der Waals surface area contributed by atoms with E-state index in [1.54, 1.807) is 18.2 Å². The van der Waals surface area contributed by atoms with Crippen LogP contribution < -0.4 is 14.8 Å². The van der Waals surface area contributed by atoms with Gasteiger partial charge in [0.1, 0.15) is 6.61 Å². The van der Waals surface area contributed by atoms with Gasteiger partial charge in [0.15, 0.2) is 17.0 Å². The van der Waals surface area contributed by atoms with Crippen molar-refractivity contribution in [3.05, 3.63) is 36.7 Å². The summed E-state index contributed by atoms with van der Waals surface area (Å²) in [5.41, 5.74) is -0.830. The Bertz CT molecular complexity index is 784. The molecule has 1 aromatic carbocycles. The average Bonchev–Trinajstić information content (AvgIpc) is 3.03. The lowest BCUT2D eigenvalue weighted by Gasteiger charge is -2.25. The first kappa shape index (κ1) is 15.9. The number of rotatable bonds is 4. The lowest BCUT2D eigenvalue weighted by molar-refractivity contribution is -0.146. The molecule has 2 aromatic rings. The molecule has 0 fully saturated rings. The number of carboxylic acid groups (broad SMARTS) is 1. The van der Waals surface area contributed by atoms with Crippen molar-refractivity contribution in [1.82, 2.24) is 9.78 Å². The monoisotopic (exact) mass is 331 g/mol.